The fourth-order valence-electron chi connectivity index (χ4n) is 3.04. The summed E-state index contributed by atoms with van der Waals surface area (Å²) < 4.78 is 16.7. The highest BCUT2D eigenvalue weighted by Crippen LogP contribution is 2.30. The van der Waals surface area contributed by atoms with Gasteiger partial charge in [0.15, 0.2) is 5.76 Å². The van der Waals surface area contributed by atoms with E-state index in [9.17, 15) is 0 Å². The Morgan fingerprint density at radius 3 is 3.19 bits per heavy atom. The molecule has 7 heteroatoms. The van der Waals surface area contributed by atoms with E-state index in [0.717, 1.165) is 19.7 Å². The Morgan fingerprint density at radius 2 is 2.33 bits per heavy atom. The van der Waals surface area contributed by atoms with Crippen molar-refractivity contribution in [1.82, 2.24) is 15.0 Å². The van der Waals surface area contributed by atoms with E-state index in [-0.39, 0.29) is 6.10 Å². The van der Waals surface area contributed by atoms with Crippen LogP contribution in [0.3, 0.4) is 0 Å². The number of hydrogen-bond donors (Lipinski definition) is 1. The number of furan rings is 1. The van der Waals surface area contributed by atoms with Crippen molar-refractivity contribution in [1.29, 1.82) is 0 Å². The first kappa shape index (κ1) is 13.0. The van der Waals surface area contributed by atoms with Crippen LogP contribution >= 0.6 is 0 Å². The second-order valence-electron chi connectivity index (χ2n) is 5.54. The number of hydrogen-bond acceptors (Lipinski definition) is 7. The molecule has 4 heterocycles. The molecule has 7 nitrogen and oxygen atoms in total. The summed E-state index contributed by atoms with van der Waals surface area (Å²) in [6.07, 6.45) is 2.34. The summed E-state index contributed by atoms with van der Waals surface area (Å²) in [5.41, 5.74) is 5.53. The minimum Gasteiger partial charge on any atom is -0.455 e. The van der Waals surface area contributed by atoms with Gasteiger partial charge in [0.2, 0.25) is 5.82 Å². The Morgan fingerprint density at radius 1 is 1.38 bits per heavy atom. The van der Waals surface area contributed by atoms with Crippen molar-refractivity contribution in [2.24, 2.45) is 5.73 Å². The molecule has 0 amide bonds. The highest BCUT2D eigenvalue weighted by molar-refractivity contribution is 5.44. The zero-order chi connectivity index (χ0) is 14.2. The lowest BCUT2D eigenvalue weighted by atomic mass is 10.2. The van der Waals surface area contributed by atoms with Crippen LogP contribution in [0.4, 0.5) is 0 Å². The zero-order valence-corrected chi connectivity index (χ0v) is 11.7. The summed E-state index contributed by atoms with van der Waals surface area (Å²) in [7, 11) is 0. The maximum Gasteiger partial charge on any atom is 0.293 e. The lowest BCUT2D eigenvalue weighted by Crippen LogP contribution is -2.42. The van der Waals surface area contributed by atoms with Crippen molar-refractivity contribution in [3.05, 3.63) is 23.7 Å². The molecule has 2 aliphatic heterocycles. The van der Waals surface area contributed by atoms with Crippen LogP contribution in [0.2, 0.25) is 0 Å². The highest BCUT2D eigenvalue weighted by Gasteiger charge is 2.35. The lowest BCUT2D eigenvalue weighted by molar-refractivity contribution is -0.0548. The zero-order valence-electron chi connectivity index (χ0n) is 11.7. The molecule has 112 valence electrons. The van der Waals surface area contributed by atoms with Crippen molar-refractivity contribution >= 4 is 0 Å². The van der Waals surface area contributed by atoms with Crippen molar-refractivity contribution in [3.8, 4) is 11.7 Å². The standard InChI is InChI=1S/C14H18N4O3/c15-6-10-3-4-11(20-10)14-16-13(17-21-14)12-7-18-5-1-2-9(18)8-19-12/h3-4,9,12H,1-2,5-8,15H2. The number of fused-ring (bicyclic) bond motifs is 1. The van der Waals surface area contributed by atoms with Gasteiger partial charge in [0.25, 0.3) is 5.89 Å². The molecular formula is C14H18N4O3. The predicted molar refractivity (Wildman–Crippen MR) is 73.2 cm³/mol. The predicted octanol–water partition coefficient (Wildman–Crippen LogP) is 1.32. The van der Waals surface area contributed by atoms with Crippen molar-refractivity contribution in [3.63, 3.8) is 0 Å². The van der Waals surface area contributed by atoms with Gasteiger partial charge in [0.05, 0.1) is 13.2 Å². The van der Waals surface area contributed by atoms with Crippen LogP contribution < -0.4 is 5.73 Å². The van der Waals surface area contributed by atoms with E-state index < -0.39 is 0 Å². The molecular weight excluding hydrogens is 272 g/mol. The summed E-state index contributed by atoms with van der Waals surface area (Å²) in [4.78, 5) is 6.85. The van der Waals surface area contributed by atoms with E-state index >= 15 is 0 Å². The summed E-state index contributed by atoms with van der Waals surface area (Å²) in [6.45, 7) is 3.05. The fraction of sp³-hybridized carbons (Fsp3) is 0.571. The molecule has 2 aromatic rings. The van der Waals surface area contributed by atoms with Crippen LogP contribution in [-0.2, 0) is 11.3 Å². The molecule has 2 saturated heterocycles. The second kappa shape index (κ2) is 5.25. The van der Waals surface area contributed by atoms with Crippen LogP contribution in [0.15, 0.2) is 21.1 Å². The normalized spacial score (nSPS) is 26.1. The molecule has 4 rings (SSSR count). The second-order valence-corrected chi connectivity index (χ2v) is 5.54. The average Bonchev–Trinajstić information content (AvgIpc) is 3.24. The van der Waals surface area contributed by atoms with Gasteiger partial charge in [-0.3, -0.25) is 4.90 Å². The van der Waals surface area contributed by atoms with Gasteiger partial charge in [-0.2, -0.15) is 4.98 Å². The molecule has 2 unspecified atom stereocenters. The molecule has 21 heavy (non-hydrogen) atoms. The largest absolute Gasteiger partial charge is 0.455 e. The molecule has 0 spiro atoms. The van der Waals surface area contributed by atoms with Crippen LogP contribution in [0.1, 0.15) is 30.5 Å². The molecule has 0 bridgehead atoms. The quantitative estimate of drug-likeness (QED) is 0.911. The Balaban J connectivity index is 1.51. The number of nitrogens with two attached hydrogens (primary N) is 1. The monoisotopic (exact) mass is 290 g/mol. The Kier molecular flexibility index (Phi) is 3.25. The highest BCUT2D eigenvalue weighted by atomic mass is 16.5. The lowest BCUT2D eigenvalue weighted by Gasteiger charge is -2.33. The minimum atomic E-state index is -0.124. The maximum absolute atomic E-state index is 5.88. The molecule has 0 aromatic carbocycles. The third-order valence-electron chi connectivity index (χ3n) is 4.19. The number of rotatable bonds is 3. The van der Waals surface area contributed by atoms with Crippen LogP contribution in [0.25, 0.3) is 11.7 Å². The Hall–Kier alpha value is -1.70. The number of aromatic nitrogens is 2. The average molecular weight is 290 g/mol. The molecule has 2 aromatic heterocycles. The van der Waals surface area contributed by atoms with E-state index in [1.165, 1.54) is 12.8 Å². The maximum atomic E-state index is 5.88. The van der Waals surface area contributed by atoms with E-state index in [1.807, 2.05) is 6.07 Å². The molecule has 0 saturated carbocycles. The van der Waals surface area contributed by atoms with E-state index in [0.29, 0.717) is 35.8 Å². The van der Waals surface area contributed by atoms with E-state index in [4.69, 9.17) is 19.4 Å². The van der Waals surface area contributed by atoms with Crippen molar-refractivity contribution in [2.45, 2.75) is 31.5 Å². The van der Waals surface area contributed by atoms with E-state index in [1.54, 1.807) is 6.07 Å². The third-order valence-corrected chi connectivity index (χ3v) is 4.19. The van der Waals surface area contributed by atoms with Crippen molar-refractivity contribution in [2.75, 3.05) is 19.7 Å². The number of nitrogens with zero attached hydrogens (tertiary/aromatic N) is 3. The summed E-state index contributed by atoms with van der Waals surface area (Å²) in [6, 6.07) is 4.16. The van der Waals surface area contributed by atoms with Gasteiger partial charge in [0.1, 0.15) is 11.9 Å². The van der Waals surface area contributed by atoms with Crippen LogP contribution in [0, 0.1) is 0 Å². The Bertz CT molecular complexity index is 623. The number of ether oxygens (including phenoxy) is 1. The number of morpholine rings is 1. The first-order chi connectivity index (χ1) is 10.3. The molecule has 2 atom stereocenters. The van der Waals surface area contributed by atoms with Crippen molar-refractivity contribution < 1.29 is 13.7 Å². The molecule has 0 radical (unpaired) electrons. The molecule has 0 aliphatic carbocycles. The molecule has 2 fully saturated rings. The topological polar surface area (TPSA) is 90.5 Å². The summed E-state index contributed by atoms with van der Waals surface area (Å²) in [5.74, 6) is 2.19. The third kappa shape index (κ3) is 2.37. The van der Waals surface area contributed by atoms with Gasteiger partial charge >= 0.3 is 0 Å². The van der Waals surface area contributed by atoms with Gasteiger partial charge in [-0.25, -0.2) is 0 Å². The minimum absolute atomic E-state index is 0.124. The molecule has 2 aliphatic rings. The van der Waals surface area contributed by atoms with Crippen LogP contribution in [-0.4, -0.2) is 40.8 Å². The van der Waals surface area contributed by atoms with Gasteiger partial charge < -0.3 is 19.4 Å². The Labute approximate surface area is 122 Å². The molecule has 2 N–H and O–H groups in total. The van der Waals surface area contributed by atoms with Gasteiger partial charge in [-0.15, -0.1) is 0 Å². The van der Waals surface area contributed by atoms with E-state index in [2.05, 4.69) is 15.0 Å². The summed E-state index contributed by atoms with van der Waals surface area (Å²) >= 11 is 0. The summed E-state index contributed by atoms with van der Waals surface area (Å²) in [5, 5.41) is 4.04. The van der Waals surface area contributed by atoms with Crippen LogP contribution in [0.5, 0.6) is 0 Å². The van der Waals surface area contributed by atoms with Gasteiger partial charge in [-0.05, 0) is 31.5 Å². The fourth-order valence-corrected chi connectivity index (χ4v) is 3.04. The SMILES string of the molecule is NCc1ccc(-c2nc(C3CN4CCCC4CO3)no2)o1. The first-order valence-corrected chi connectivity index (χ1v) is 7.32. The van der Waals surface area contributed by atoms with Gasteiger partial charge in [-0.1, -0.05) is 5.16 Å². The smallest absolute Gasteiger partial charge is 0.293 e. The first-order valence-electron chi connectivity index (χ1n) is 7.32. The van der Waals surface area contributed by atoms with Gasteiger partial charge in [0, 0.05) is 12.6 Å².